The zero-order chi connectivity index (χ0) is 10.7. The second-order valence-electron chi connectivity index (χ2n) is 4.51. The third-order valence-electron chi connectivity index (χ3n) is 2.67. The average Bonchev–Trinajstić information content (AvgIpc) is 2.43. The first-order chi connectivity index (χ1) is 6.50. The maximum atomic E-state index is 11.5. The maximum absolute atomic E-state index is 11.5. The second kappa shape index (κ2) is 4.64. The number of hydrogen-bond acceptors (Lipinski definition) is 2. The summed E-state index contributed by atoms with van der Waals surface area (Å²) in [6, 6.07) is 0.529. The number of urea groups is 1. The molecule has 2 atom stereocenters. The second-order valence-corrected chi connectivity index (χ2v) is 4.51. The highest BCUT2D eigenvalue weighted by Gasteiger charge is 2.29. The molecule has 2 amide bonds. The average molecular weight is 199 g/mol. The highest BCUT2D eigenvalue weighted by Crippen LogP contribution is 2.12. The van der Waals surface area contributed by atoms with Gasteiger partial charge in [0.2, 0.25) is 0 Å². The van der Waals surface area contributed by atoms with E-state index in [9.17, 15) is 4.79 Å². The van der Waals surface area contributed by atoms with E-state index in [0.717, 1.165) is 19.5 Å². The Labute approximate surface area is 85.8 Å². The first kappa shape index (κ1) is 11.3. The maximum Gasteiger partial charge on any atom is 0.317 e. The number of nitrogens with one attached hydrogen (secondary N) is 1. The van der Waals surface area contributed by atoms with Crippen molar-refractivity contribution in [3.63, 3.8) is 0 Å². The zero-order valence-corrected chi connectivity index (χ0v) is 9.29. The SMILES string of the molecule is CC(N)CCN1CC(C(C)C)NC1=O. The summed E-state index contributed by atoms with van der Waals surface area (Å²) in [6.07, 6.45) is 0.873. The van der Waals surface area contributed by atoms with Crippen molar-refractivity contribution in [3.8, 4) is 0 Å². The molecule has 1 aliphatic heterocycles. The van der Waals surface area contributed by atoms with Crippen LogP contribution < -0.4 is 11.1 Å². The number of rotatable bonds is 4. The van der Waals surface area contributed by atoms with Crippen LogP contribution in [-0.2, 0) is 0 Å². The molecule has 82 valence electrons. The van der Waals surface area contributed by atoms with E-state index in [1.807, 2.05) is 11.8 Å². The fourth-order valence-corrected chi connectivity index (χ4v) is 1.55. The van der Waals surface area contributed by atoms with Crippen molar-refractivity contribution < 1.29 is 4.79 Å². The van der Waals surface area contributed by atoms with Gasteiger partial charge in [-0.2, -0.15) is 0 Å². The lowest BCUT2D eigenvalue weighted by Crippen LogP contribution is -2.32. The first-order valence-corrected chi connectivity index (χ1v) is 5.31. The minimum Gasteiger partial charge on any atom is -0.333 e. The first-order valence-electron chi connectivity index (χ1n) is 5.31. The molecule has 1 fully saturated rings. The molecule has 0 radical (unpaired) electrons. The largest absolute Gasteiger partial charge is 0.333 e. The number of nitrogens with zero attached hydrogens (tertiary/aromatic N) is 1. The van der Waals surface area contributed by atoms with Crippen molar-refractivity contribution in [2.45, 2.75) is 39.3 Å². The van der Waals surface area contributed by atoms with Gasteiger partial charge < -0.3 is 16.0 Å². The summed E-state index contributed by atoms with van der Waals surface area (Å²) in [4.78, 5) is 13.3. The topological polar surface area (TPSA) is 58.4 Å². The van der Waals surface area contributed by atoms with Crippen LogP contribution in [0.2, 0.25) is 0 Å². The summed E-state index contributed by atoms with van der Waals surface area (Å²) in [5, 5.41) is 2.97. The van der Waals surface area contributed by atoms with Crippen molar-refractivity contribution in [2.75, 3.05) is 13.1 Å². The highest BCUT2D eigenvalue weighted by atomic mass is 16.2. The molecule has 2 unspecified atom stereocenters. The van der Waals surface area contributed by atoms with Gasteiger partial charge in [-0.1, -0.05) is 13.8 Å². The molecule has 4 heteroatoms. The molecule has 0 spiro atoms. The van der Waals surface area contributed by atoms with Crippen LogP contribution in [0, 0.1) is 5.92 Å². The van der Waals surface area contributed by atoms with E-state index in [0.29, 0.717) is 12.0 Å². The summed E-state index contributed by atoms with van der Waals surface area (Å²) in [6.45, 7) is 7.81. The Balaban J connectivity index is 2.37. The van der Waals surface area contributed by atoms with E-state index in [2.05, 4.69) is 19.2 Å². The van der Waals surface area contributed by atoms with E-state index >= 15 is 0 Å². The lowest BCUT2D eigenvalue weighted by atomic mass is 10.1. The van der Waals surface area contributed by atoms with Crippen molar-refractivity contribution >= 4 is 6.03 Å². The molecule has 1 rings (SSSR count). The van der Waals surface area contributed by atoms with Crippen LogP contribution in [0.1, 0.15) is 27.2 Å². The van der Waals surface area contributed by atoms with Gasteiger partial charge in [0.15, 0.2) is 0 Å². The standard InChI is InChI=1S/C10H21N3O/c1-7(2)9-6-13(10(14)12-9)5-4-8(3)11/h7-9H,4-6,11H2,1-3H3,(H,12,14). The van der Waals surface area contributed by atoms with Crippen LogP contribution in [0.15, 0.2) is 0 Å². The Kier molecular flexibility index (Phi) is 3.75. The van der Waals surface area contributed by atoms with Crippen molar-refractivity contribution in [1.29, 1.82) is 0 Å². The summed E-state index contributed by atoms with van der Waals surface area (Å²) in [5.74, 6) is 0.499. The lowest BCUT2D eigenvalue weighted by Gasteiger charge is -2.16. The van der Waals surface area contributed by atoms with Crippen molar-refractivity contribution in [2.24, 2.45) is 11.7 Å². The summed E-state index contributed by atoms with van der Waals surface area (Å²) in [5.41, 5.74) is 5.65. The Morgan fingerprint density at radius 1 is 1.57 bits per heavy atom. The third kappa shape index (κ3) is 2.87. The van der Waals surface area contributed by atoms with Gasteiger partial charge in [-0.3, -0.25) is 0 Å². The smallest absolute Gasteiger partial charge is 0.317 e. The minimum absolute atomic E-state index is 0.0596. The van der Waals surface area contributed by atoms with E-state index < -0.39 is 0 Å². The van der Waals surface area contributed by atoms with Crippen LogP contribution >= 0.6 is 0 Å². The van der Waals surface area contributed by atoms with Gasteiger partial charge in [0, 0.05) is 19.1 Å². The van der Waals surface area contributed by atoms with E-state index in [4.69, 9.17) is 5.73 Å². The third-order valence-corrected chi connectivity index (χ3v) is 2.67. The quantitative estimate of drug-likeness (QED) is 0.702. The molecule has 0 aromatic rings. The molecular formula is C10H21N3O. The van der Waals surface area contributed by atoms with Gasteiger partial charge in [0.05, 0.1) is 6.04 Å². The van der Waals surface area contributed by atoms with Gasteiger partial charge in [0.1, 0.15) is 0 Å². The predicted molar refractivity (Wildman–Crippen MR) is 57.0 cm³/mol. The Hall–Kier alpha value is -0.770. The number of carbonyl (C=O) groups excluding carboxylic acids is 1. The monoisotopic (exact) mass is 199 g/mol. The number of carbonyl (C=O) groups is 1. The van der Waals surface area contributed by atoms with Crippen LogP contribution in [0.4, 0.5) is 4.79 Å². The van der Waals surface area contributed by atoms with Crippen molar-refractivity contribution in [1.82, 2.24) is 10.2 Å². The van der Waals surface area contributed by atoms with Gasteiger partial charge in [-0.15, -0.1) is 0 Å². The molecule has 4 nitrogen and oxygen atoms in total. The van der Waals surface area contributed by atoms with E-state index in [-0.39, 0.29) is 12.1 Å². The van der Waals surface area contributed by atoms with Gasteiger partial charge >= 0.3 is 6.03 Å². The fourth-order valence-electron chi connectivity index (χ4n) is 1.55. The minimum atomic E-state index is 0.0596. The molecule has 14 heavy (non-hydrogen) atoms. The molecular weight excluding hydrogens is 178 g/mol. The predicted octanol–water partition coefficient (Wildman–Crippen LogP) is 0.773. The molecule has 0 bridgehead atoms. The summed E-state index contributed by atoms with van der Waals surface area (Å²) in [7, 11) is 0. The van der Waals surface area contributed by atoms with Crippen LogP contribution in [0.3, 0.4) is 0 Å². The van der Waals surface area contributed by atoms with Crippen molar-refractivity contribution in [3.05, 3.63) is 0 Å². The molecule has 1 aliphatic rings. The van der Waals surface area contributed by atoms with Gasteiger partial charge in [-0.25, -0.2) is 4.79 Å². The molecule has 0 aromatic heterocycles. The number of nitrogens with two attached hydrogens (primary N) is 1. The fraction of sp³-hybridized carbons (Fsp3) is 0.900. The van der Waals surface area contributed by atoms with Gasteiger partial charge in [0.25, 0.3) is 0 Å². The molecule has 1 saturated heterocycles. The lowest BCUT2D eigenvalue weighted by molar-refractivity contribution is 0.216. The summed E-state index contributed by atoms with van der Waals surface area (Å²) < 4.78 is 0. The van der Waals surface area contributed by atoms with Crippen LogP contribution in [0.25, 0.3) is 0 Å². The Morgan fingerprint density at radius 3 is 2.64 bits per heavy atom. The number of amides is 2. The number of hydrogen-bond donors (Lipinski definition) is 2. The molecule has 0 aromatic carbocycles. The van der Waals surface area contributed by atoms with E-state index in [1.165, 1.54) is 0 Å². The Morgan fingerprint density at radius 2 is 2.21 bits per heavy atom. The normalized spacial score (nSPS) is 24.2. The molecule has 1 heterocycles. The zero-order valence-electron chi connectivity index (χ0n) is 9.29. The molecule has 3 N–H and O–H groups in total. The van der Waals surface area contributed by atoms with Crippen LogP contribution in [-0.4, -0.2) is 36.1 Å². The molecule has 0 aliphatic carbocycles. The highest BCUT2D eigenvalue weighted by molar-refractivity contribution is 5.76. The summed E-state index contributed by atoms with van der Waals surface area (Å²) >= 11 is 0. The Bertz CT molecular complexity index is 204. The van der Waals surface area contributed by atoms with E-state index in [1.54, 1.807) is 0 Å². The van der Waals surface area contributed by atoms with Crippen LogP contribution in [0.5, 0.6) is 0 Å². The van der Waals surface area contributed by atoms with Gasteiger partial charge in [-0.05, 0) is 19.3 Å². The molecule has 0 saturated carbocycles.